The molecule has 2 heterocycles. The summed E-state index contributed by atoms with van der Waals surface area (Å²) >= 11 is 0. The van der Waals surface area contributed by atoms with Crippen LogP contribution in [0.4, 0.5) is 0 Å². The summed E-state index contributed by atoms with van der Waals surface area (Å²) in [7, 11) is -2.48. The third-order valence-electron chi connectivity index (χ3n) is 6.32. The van der Waals surface area contributed by atoms with Gasteiger partial charge in [-0.1, -0.05) is 87.5 Å². The van der Waals surface area contributed by atoms with Crippen LogP contribution >= 0.6 is 0 Å². The highest BCUT2D eigenvalue weighted by molar-refractivity contribution is 6.87. The van der Waals surface area contributed by atoms with E-state index in [1.54, 1.807) is 6.20 Å². The average molecular weight is 450 g/mol. The molecule has 1 aromatic heterocycles. The summed E-state index contributed by atoms with van der Waals surface area (Å²) in [4.78, 5) is 4.59. The summed E-state index contributed by atoms with van der Waals surface area (Å²) in [6, 6.07) is 26.4. The first kappa shape index (κ1) is 22.8. The molecule has 1 atom stereocenters. The predicted molar refractivity (Wildman–Crippen MR) is 141 cm³/mol. The van der Waals surface area contributed by atoms with Crippen molar-refractivity contribution < 1.29 is 0 Å². The minimum absolute atomic E-state index is 0.182. The Morgan fingerprint density at radius 2 is 1.52 bits per heavy atom. The molecule has 0 amide bonds. The van der Waals surface area contributed by atoms with Crippen LogP contribution in [0.25, 0.3) is 6.08 Å². The number of allylic oxidation sites excluding steroid dienone is 1. The molecule has 4 heteroatoms. The van der Waals surface area contributed by atoms with E-state index in [4.69, 9.17) is 4.66 Å². The van der Waals surface area contributed by atoms with Crippen molar-refractivity contribution in [2.45, 2.75) is 38.9 Å². The van der Waals surface area contributed by atoms with E-state index in [9.17, 15) is 5.41 Å². The van der Waals surface area contributed by atoms with Gasteiger partial charge in [-0.25, -0.2) is 0 Å². The van der Waals surface area contributed by atoms with Crippen LogP contribution in [0.1, 0.15) is 37.6 Å². The van der Waals surface area contributed by atoms with Crippen LogP contribution in [0.5, 0.6) is 0 Å². The molecule has 0 saturated carbocycles. The van der Waals surface area contributed by atoms with Gasteiger partial charge in [0, 0.05) is 22.9 Å². The highest BCUT2D eigenvalue weighted by Crippen LogP contribution is 2.51. The maximum absolute atomic E-state index is 9.60. The van der Waals surface area contributed by atoms with Gasteiger partial charge in [0.25, 0.3) is 0 Å². The van der Waals surface area contributed by atoms with Gasteiger partial charge >= 0.3 is 0 Å². The van der Waals surface area contributed by atoms with E-state index in [0.717, 1.165) is 22.4 Å². The largest absolute Gasteiger partial charge is 0.323 e. The first-order valence-corrected chi connectivity index (χ1v) is 14.3. The Bertz CT molecular complexity index is 1250. The lowest BCUT2D eigenvalue weighted by molar-refractivity contribution is 0.591. The fourth-order valence-corrected chi connectivity index (χ4v) is 8.38. The van der Waals surface area contributed by atoms with Crippen molar-refractivity contribution in [1.82, 2.24) is 4.98 Å². The molecule has 4 rings (SSSR count). The number of hydrogen-bond acceptors (Lipinski definition) is 3. The van der Waals surface area contributed by atoms with Crippen molar-refractivity contribution in [3.05, 3.63) is 113 Å². The van der Waals surface area contributed by atoms with E-state index in [-0.39, 0.29) is 5.41 Å². The number of nitrogens with one attached hydrogen (secondary N) is 1. The summed E-state index contributed by atoms with van der Waals surface area (Å²) in [5.41, 5.74) is 8.88. The number of pyridine rings is 1. The first-order valence-electron chi connectivity index (χ1n) is 11.4. The Kier molecular flexibility index (Phi) is 5.92. The maximum atomic E-state index is 9.60. The highest BCUT2D eigenvalue weighted by atomic mass is 28.3. The molecule has 3 aromatic rings. The smallest absolute Gasteiger partial charge is 0.197 e. The molecule has 0 fully saturated rings. The molecule has 1 aliphatic heterocycles. The molecule has 0 saturated heterocycles. The second-order valence-corrected chi connectivity index (χ2v) is 14.1. The van der Waals surface area contributed by atoms with Crippen LogP contribution < -0.4 is 0 Å². The zero-order chi connectivity index (χ0) is 23.7. The van der Waals surface area contributed by atoms with Crippen LogP contribution in [-0.2, 0) is 5.04 Å². The van der Waals surface area contributed by atoms with Gasteiger partial charge in [0.1, 0.15) is 0 Å². The number of benzene rings is 2. The van der Waals surface area contributed by atoms with Crippen LogP contribution in [0.15, 0.2) is 101 Å². The second kappa shape index (κ2) is 8.55. The van der Waals surface area contributed by atoms with E-state index in [1.165, 1.54) is 0 Å². The molecule has 0 aliphatic carbocycles. The van der Waals surface area contributed by atoms with Crippen LogP contribution in [0.2, 0.25) is 13.1 Å². The van der Waals surface area contributed by atoms with Crippen molar-refractivity contribution in [3.63, 3.8) is 0 Å². The molecule has 3 nitrogen and oxygen atoms in total. The molecule has 0 radical (unpaired) electrons. The molecule has 166 valence electrons. The monoisotopic (exact) mass is 449 g/mol. The third kappa shape index (κ3) is 3.97. The van der Waals surface area contributed by atoms with Crippen LogP contribution in [0.3, 0.4) is 0 Å². The number of hydrogen-bond donors (Lipinski definition) is 1. The Balaban J connectivity index is 2.10. The fraction of sp³-hybridized carbons (Fsp3) is 0.241. The quantitative estimate of drug-likeness (QED) is 0.264. The van der Waals surface area contributed by atoms with E-state index in [0.29, 0.717) is 11.4 Å². The van der Waals surface area contributed by atoms with Crippen molar-refractivity contribution in [2.75, 3.05) is 0 Å². The Morgan fingerprint density at radius 1 is 0.909 bits per heavy atom. The third-order valence-corrected chi connectivity index (χ3v) is 9.72. The van der Waals surface area contributed by atoms with Crippen LogP contribution in [-0.4, -0.2) is 24.6 Å². The topological polar surface area (TPSA) is 49.1 Å². The van der Waals surface area contributed by atoms with E-state index in [2.05, 4.69) is 81.0 Å². The van der Waals surface area contributed by atoms with Gasteiger partial charge in [0.05, 0.1) is 16.4 Å². The molecular weight excluding hydrogens is 418 g/mol. The second-order valence-electron chi connectivity index (χ2n) is 10.0. The lowest BCUT2D eigenvalue weighted by atomic mass is 9.75. The summed E-state index contributed by atoms with van der Waals surface area (Å²) in [5.74, 6) is 0. The number of rotatable bonds is 4. The molecule has 0 bridgehead atoms. The Morgan fingerprint density at radius 3 is 2.09 bits per heavy atom. The lowest BCUT2D eigenvalue weighted by Gasteiger charge is -2.40. The SMILES string of the molecule is CC(C)(C)C1=N[Si](C)(C)C(C(=N)c2ccccn2)(c2ccccc2)C1=C=Cc1ccccc1. The van der Waals surface area contributed by atoms with E-state index in [1.807, 2.05) is 48.5 Å². The molecule has 2 aromatic carbocycles. The molecular formula is C29H31N3Si. The van der Waals surface area contributed by atoms with Gasteiger partial charge < -0.3 is 10.1 Å². The predicted octanol–water partition coefficient (Wildman–Crippen LogP) is 6.87. The lowest BCUT2D eigenvalue weighted by Crippen LogP contribution is -2.55. The van der Waals surface area contributed by atoms with Gasteiger partial charge in [-0.3, -0.25) is 4.98 Å². The first-order chi connectivity index (χ1) is 15.7. The Labute approximate surface area is 198 Å². The van der Waals surface area contributed by atoms with Gasteiger partial charge in [-0.15, -0.1) is 5.73 Å². The van der Waals surface area contributed by atoms with E-state index < -0.39 is 13.3 Å². The zero-order valence-corrected chi connectivity index (χ0v) is 21.1. The number of nitrogens with zero attached hydrogens (tertiary/aromatic N) is 2. The van der Waals surface area contributed by atoms with E-state index >= 15 is 0 Å². The standard InChI is InChI=1S/C29H31N3Si/c1-28(2,3)27-24(20-19-22-14-8-6-9-15-22)29(33(4,5)32-27,23-16-10-7-11-17-23)26(30)25-18-12-13-21-31-25/h6-19,21,30H,1-5H3. The van der Waals surface area contributed by atoms with Gasteiger partial charge in [0.2, 0.25) is 0 Å². The molecule has 0 spiro atoms. The van der Waals surface area contributed by atoms with Crippen molar-refractivity contribution >= 4 is 25.7 Å². The van der Waals surface area contributed by atoms with Gasteiger partial charge in [0.15, 0.2) is 8.24 Å². The van der Waals surface area contributed by atoms with Gasteiger partial charge in [-0.05, 0) is 42.4 Å². The molecule has 1 unspecified atom stereocenters. The average Bonchev–Trinajstić information content (AvgIpc) is 3.06. The number of aromatic nitrogens is 1. The zero-order valence-electron chi connectivity index (χ0n) is 20.1. The van der Waals surface area contributed by atoms with Crippen molar-refractivity contribution in [3.8, 4) is 0 Å². The summed E-state index contributed by atoms with van der Waals surface area (Å²) in [6.45, 7) is 11.1. The van der Waals surface area contributed by atoms with Crippen molar-refractivity contribution in [2.24, 2.45) is 10.1 Å². The Hall–Kier alpha value is -3.33. The fourth-order valence-electron chi connectivity index (χ4n) is 4.79. The minimum atomic E-state index is -2.48. The molecule has 1 N–H and O–H groups in total. The minimum Gasteiger partial charge on any atom is -0.323 e. The molecule has 1 aliphatic rings. The normalized spacial score (nSPS) is 19.5. The van der Waals surface area contributed by atoms with Crippen LogP contribution in [0, 0.1) is 10.8 Å². The summed E-state index contributed by atoms with van der Waals surface area (Å²) in [5, 5.41) is 8.90. The summed E-state index contributed by atoms with van der Waals surface area (Å²) in [6.07, 6.45) is 3.80. The summed E-state index contributed by atoms with van der Waals surface area (Å²) < 4.78 is 5.43. The maximum Gasteiger partial charge on any atom is 0.197 e. The molecule has 33 heavy (non-hydrogen) atoms. The van der Waals surface area contributed by atoms with Crippen molar-refractivity contribution in [1.29, 1.82) is 5.41 Å². The van der Waals surface area contributed by atoms with Gasteiger partial charge in [-0.2, -0.15) is 0 Å². The highest BCUT2D eigenvalue weighted by Gasteiger charge is 2.61.